The van der Waals surface area contributed by atoms with Gasteiger partial charge >= 0.3 is 0 Å². The van der Waals surface area contributed by atoms with E-state index in [0.29, 0.717) is 5.02 Å². The number of hydrogen-bond donors (Lipinski definition) is 0. The molecule has 15 heavy (non-hydrogen) atoms. The average molecular weight is 217 g/mol. The van der Waals surface area contributed by atoms with Crippen molar-refractivity contribution in [3.05, 3.63) is 47.0 Å². The van der Waals surface area contributed by atoms with E-state index in [4.69, 9.17) is 16.0 Å². The third kappa shape index (κ3) is 1.17. The SMILES string of the molecule is Cc1ccc(Cl)c2oc3ccccc3c12. The van der Waals surface area contributed by atoms with Gasteiger partial charge in [0.05, 0.1) is 5.02 Å². The normalized spacial score (nSPS) is 11.3. The van der Waals surface area contributed by atoms with Gasteiger partial charge in [-0.2, -0.15) is 0 Å². The Kier molecular flexibility index (Phi) is 1.77. The first kappa shape index (κ1) is 8.81. The highest BCUT2D eigenvalue weighted by molar-refractivity contribution is 6.36. The Morgan fingerprint density at radius 2 is 1.87 bits per heavy atom. The quantitative estimate of drug-likeness (QED) is 0.537. The van der Waals surface area contributed by atoms with Crippen LogP contribution in [0.3, 0.4) is 0 Å². The molecule has 1 nitrogen and oxygen atoms in total. The van der Waals surface area contributed by atoms with E-state index in [2.05, 4.69) is 13.0 Å². The highest BCUT2D eigenvalue weighted by atomic mass is 35.5. The summed E-state index contributed by atoms with van der Waals surface area (Å²) >= 11 is 6.11. The van der Waals surface area contributed by atoms with E-state index >= 15 is 0 Å². The molecule has 0 fully saturated rings. The fraction of sp³-hybridized carbons (Fsp3) is 0.0769. The molecule has 0 saturated carbocycles. The monoisotopic (exact) mass is 216 g/mol. The van der Waals surface area contributed by atoms with Crippen molar-refractivity contribution >= 4 is 33.5 Å². The van der Waals surface area contributed by atoms with Gasteiger partial charge in [0, 0.05) is 10.8 Å². The number of hydrogen-bond acceptors (Lipinski definition) is 1. The van der Waals surface area contributed by atoms with E-state index in [1.54, 1.807) is 0 Å². The Hall–Kier alpha value is -1.47. The van der Waals surface area contributed by atoms with E-state index in [9.17, 15) is 0 Å². The molecule has 1 heterocycles. The van der Waals surface area contributed by atoms with Crippen LogP contribution in [0.4, 0.5) is 0 Å². The van der Waals surface area contributed by atoms with Gasteiger partial charge in [-0.25, -0.2) is 0 Å². The first-order valence-corrected chi connectivity index (χ1v) is 5.21. The lowest BCUT2D eigenvalue weighted by Gasteiger charge is -1.96. The lowest BCUT2D eigenvalue weighted by molar-refractivity contribution is 0.669. The van der Waals surface area contributed by atoms with Crippen molar-refractivity contribution in [1.82, 2.24) is 0 Å². The van der Waals surface area contributed by atoms with E-state index in [0.717, 1.165) is 21.9 Å². The van der Waals surface area contributed by atoms with Crippen molar-refractivity contribution in [2.45, 2.75) is 6.92 Å². The third-order valence-electron chi connectivity index (χ3n) is 2.69. The summed E-state index contributed by atoms with van der Waals surface area (Å²) in [5.74, 6) is 0. The zero-order valence-corrected chi connectivity index (χ0v) is 9.01. The molecule has 0 aliphatic rings. The molecule has 2 aromatic carbocycles. The highest BCUT2D eigenvalue weighted by Gasteiger charge is 2.10. The van der Waals surface area contributed by atoms with E-state index < -0.39 is 0 Å². The number of benzene rings is 2. The maximum atomic E-state index is 6.11. The second-order valence-electron chi connectivity index (χ2n) is 3.67. The Labute approximate surface area is 92.3 Å². The molecule has 0 atom stereocenters. The molecular weight excluding hydrogens is 208 g/mol. The summed E-state index contributed by atoms with van der Waals surface area (Å²) in [6.07, 6.45) is 0. The number of aryl methyl sites for hydroxylation is 1. The minimum Gasteiger partial charge on any atom is -0.454 e. The van der Waals surface area contributed by atoms with Gasteiger partial charge in [-0.1, -0.05) is 35.9 Å². The Bertz CT molecular complexity index is 652. The van der Waals surface area contributed by atoms with Crippen LogP contribution in [0.2, 0.25) is 5.02 Å². The lowest BCUT2D eigenvalue weighted by atomic mass is 10.1. The van der Waals surface area contributed by atoms with Crippen molar-refractivity contribution in [3.63, 3.8) is 0 Å². The first-order valence-electron chi connectivity index (χ1n) is 4.84. The van der Waals surface area contributed by atoms with Crippen molar-refractivity contribution in [2.24, 2.45) is 0 Å². The maximum Gasteiger partial charge on any atom is 0.154 e. The molecule has 3 rings (SSSR count). The number of para-hydroxylation sites is 1. The standard InChI is InChI=1S/C13H9ClO/c1-8-6-7-10(14)13-12(8)9-4-2-3-5-11(9)15-13/h2-7H,1H3. The van der Waals surface area contributed by atoms with Crippen LogP contribution in [0.5, 0.6) is 0 Å². The molecule has 1 aromatic heterocycles. The molecule has 0 unspecified atom stereocenters. The molecule has 0 saturated heterocycles. The van der Waals surface area contributed by atoms with Gasteiger partial charge in [0.25, 0.3) is 0 Å². The zero-order valence-electron chi connectivity index (χ0n) is 8.25. The predicted octanol–water partition coefficient (Wildman–Crippen LogP) is 4.55. The van der Waals surface area contributed by atoms with Crippen LogP contribution < -0.4 is 0 Å². The van der Waals surface area contributed by atoms with Gasteiger partial charge in [-0.15, -0.1) is 0 Å². The van der Waals surface area contributed by atoms with Crippen LogP contribution >= 0.6 is 11.6 Å². The van der Waals surface area contributed by atoms with Crippen LogP contribution in [0.1, 0.15) is 5.56 Å². The van der Waals surface area contributed by atoms with Crippen LogP contribution in [0.15, 0.2) is 40.8 Å². The van der Waals surface area contributed by atoms with Crippen LogP contribution in [0.25, 0.3) is 21.9 Å². The largest absolute Gasteiger partial charge is 0.454 e. The van der Waals surface area contributed by atoms with Crippen LogP contribution in [-0.2, 0) is 0 Å². The average Bonchev–Trinajstić information content (AvgIpc) is 2.64. The smallest absolute Gasteiger partial charge is 0.154 e. The van der Waals surface area contributed by atoms with Gasteiger partial charge in [-0.3, -0.25) is 0 Å². The molecule has 0 amide bonds. The Balaban J connectivity index is 2.66. The number of furan rings is 1. The molecule has 0 N–H and O–H groups in total. The number of rotatable bonds is 0. The summed E-state index contributed by atoms with van der Waals surface area (Å²) < 4.78 is 5.73. The van der Waals surface area contributed by atoms with Crippen molar-refractivity contribution < 1.29 is 4.42 Å². The Morgan fingerprint density at radius 3 is 2.73 bits per heavy atom. The Morgan fingerprint density at radius 1 is 1.07 bits per heavy atom. The van der Waals surface area contributed by atoms with Gasteiger partial charge < -0.3 is 4.42 Å². The second kappa shape index (κ2) is 3.01. The first-order chi connectivity index (χ1) is 7.27. The van der Waals surface area contributed by atoms with Gasteiger partial charge in [0.15, 0.2) is 5.58 Å². The molecular formula is C13H9ClO. The maximum absolute atomic E-state index is 6.11. The van der Waals surface area contributed by atoms with Crippen LogP contribution in [0, 0.1) is 6.92 Å². The highest BCUT2D eigenvalue weighted by Crippen LogP contribution is 2.34. The molecule has 2 heteroatoms. The van der Waals surface area contributed by atoms with E-state index in [1.165, 1.54) is 5.56 Å². The molecule has 0 spiro atoms. The van der Waals surface area contributed by atoms with Crippen molar-refractivity contribution in [1.29, 1.82) is 0 Å². The summed E-state index contributed by atoms with van der Waals surface area (Å²) in [7, 11) is 0. The van der Waals surface area contributed by atoms with Crippen molar-refractivity contribution in [2.75, 3.05) is 0 Å². The predicted molar refractivity (Wildman–Crippen MR) is 63.5 cm³/mol. The summed E-state index contributed by atoms with van der Waals surface area (Å²) in [5, 5.41) is 2.93. The zero-order chi connectivity index (χ0) is 10.4. The summed E-state index contributed by atoms with van der Waals surface area (Å²) in [6.45, 7) is 2.07. The van der Waals surface area contributed by atoms with Crippen molar-refractivity contribution in [3.8, 4) is 0 Å². The molecule has 3 aromatic rings. The minimum atomic E-state index is 0.673. The molecule has 0 radical (unpaired) electrons. The molecule has 74 valence electrons. The number of halogens is 1. The lowest BCUT2D eigenvalue weighted by Crippen LogP contribution is -1.74. The van der Waals surface area contributed by atoms with E-state index in [-0.39, 0.29) is 0 Å². The molecule has 0 aliphatic heterocycles. The molecule has 0 aliphatic carbocycles. The molecule has 0 bridgehead atoms. The summed E-state index contributed by atoms with van der Waals surface area (Å²) in [5.41, 5.74) is 2.88. The minimum absolute atomic E-state index is 0.673. The fourth-order valence-electron chi connectivity index (χ4n) is 1.96. The van der Waals surface area contributed by atoms with Gasteiger partial charge in [0.2, 0.25) is 0 Å². The summed E-state index contributed by atoms with van der Waals surface area (Å²) in [6, 6.07) is 11.9. The van der Waals surface area contributed by atoms with Gasteiger partial charge in [0.1, 0.15) is 5.58 Å². The number of fused-ring (bicyclic) bond motifs is 3. The van der Waals surface area contributed by atoms with Crippen LogP contribution in [-0.4, -0.2) is 0 Å². The fourth-order valence-corrected chi connectivity index (χ4v) is 2.16. The van der Waals surface area contributed by atoms with E-state index in [1.807, 2.05) is 30.3 Å². The third-order valence-corrected chi connectivity index (χ3v) is 2.98. The second-order valence-corrected chi connectivity index (χ2v) is 4.07. The topological polar surface area (TPSA) is 13.1 Å². The van der Waals surface area contributed by atoms with Gasteiger partial charge in [-0.05, 0) is 24.6 Å². The summed E-state index contributed by atoms with van der Waals surface area (Å²) in [4.78, 5) is 0.